The van der Waals surface area contributed by atoms with E-state index < -0.39 is 12.1 Å². The molecule has 0 aliphatic rings. The zero-order chi connectivity index (χ0) is 26.7. The van der Waals surface area contributed by atoms with Gasteiger partial charge in [0.05, 0.1) is 29.8 Å². The first kappa shape index (κ1) is 26.9. The second-order valence-corrected chi connectivity index (χ2v) is 9.30. The SMILES string of the molecule is CCOC(=O)N[C@@H](CC(=O)N/N=C\c1ccc(OCc2cccc3ccccc23)c(Br)c1)c1ccccc1. The Morgan fingerprint density at radius 3 is 2.53 bits per heavy atom. The first-order valence-electron chi connectivity index (χ1n) is 12.2. The first-order valence-corrected chi connectivity index (χ1v) is 13.0. The Hall–Kier alpha value is -4.17. The van der Waals surface area contributed by atoms with Crippen LogP contribution in [-0.4, -0.2) is 24.8 Å². The standard InChI is InChI=1S/C30H28BrN3O4/c1-2-37-30(36)33-27(23-10-4-3-5-11-23)18-29(35)34-32-19-21-15-16-28(26(31)17-21)38-20-24-13-8-12-22-9-6-7-14-25(22)24/h3-17,19,27H,2,18,20H2,1H3,(H,33,36)(H,34,35)/b32-19-/t27-/m0/s1. The first-order chi connectivity index (χ1) is 18.5. The van der Waals surface area contributed by atoms with E-state index in [0.717, 1.165) is 26.5 Å². The average Bonchev–Trinajstić information content (AvgIpc) is 2.93. The smallest absolute Gasteiger partial charge is 0.407 e. The Balaban J connectivity index is 1.34. The highest BCUT2D eigenvalue weighted by Crippen LogP contribution is 2.27. The van der Waals surface area contributed by atoms with Gasteiger partial charge in [-0.2, -0.15) is 5.10 Å². The van der Waals surface area contributed by atoms with Crippen molar-refractivity contribution in [1.82, 2.24) is 10.7 Å². The van der Waals surface area contributed by atoms with E-state index in [1.54, 1.807) is 13.1 Å². The Kier molecular flexibility index (Phi) is 9.48. The van der Waals surface area contributed by atoms with E-state index in [9.17, 15) is 9.59 Å². The third-order valence-corrected chi connectivity index (χ3v) is 6.40. The number of alkyl carbamates (subject to hydrolysis) is 1. The predicted octanol–water partition coefficient (Wildman–Crippen LogP) is 6.51. The molecule has 0 fully saturated rings. The summed E-state index contributed by atoms with van der Waals surface area (Å²) in [5, 5.41) is 9.14. The Bertz CT molecular complexity index is 1420. The third kappa shape index (κ3) is 7.43. The predicted molar refractivity (Wildman–Crippen MR) is 152 cm³/mol. The number of benzene rings is 4. The fraction of sp³-hybridized carbons (Fsp3) is 0.167. The lowest BCUT2D eigenvalue weighted by atomic mass is 10.0. The molecule has 4 rings (SSSR count). The van der Waals surface area contributed by atoms with Crippen molar-refractivity contribution in [2.75, 3.05) is 6.61 Å². The molecule has 0 saturated heterocycles. The van der Waals surface area contributed by atoms with Crippen LogP contribution in [0, 0.1) is 0 Å². The molecule has 1 atom stereocenters. The van der Waals surface area contributed by atoms with Gasteiger partial charge in [-0.3, -0.25) is 4.79 Å². The second kappa shape index (κ2) is 13.4. The summed E-state index contributed by atoms with van der Waals surface area (Å²) in [6, 6.07) is 28.7. The minimum Gasteiger partial charge on any atom is -0.488 e. The highest BCUT2D eigenvalue weighted by molar-refractivity contribution is 9.10. The van der Waals surface area contributed by atoms with E-state index >= 15 is 0 Å². The minimum atomic E-state index is -0.578. The zero-order valence-corrected chi connectivity index (χ0v) is 22.5. The van der Waals surface area contributed by atoms with Gasteiger partial charge in [0, 0.05) is 0 Å². The maximum Gasteiger partial charge on any atom is 0.407 e. The van der Waals surface area contributed by atoms with E-state index in [4.69, 9.17) is 9.47 Å². The van der Waals surface area contributed by atoms with Crippen molar-refractivity contribution in [1.29, 1.82) is 0 Å². The van der Waals surface area contributed by atoms with Crippen LogP contribution in [0.3, 0.4) is 0 Å². The highest BCUT2D eigenvalue weighted by Gasteiger charge is 2.18. The normalized spacial score (nSPS) is 11.7. The molecule has 0 aliphatic heterocycles. The summed E-state index contributed by atoms with van der Waals surface area (Å²) in [5.74, 6) is 0.357. The summed E-state index contributed by atoms with van der Waals surface area (Å²) in [6.07, 6.45) is 0.975. The van der Waals surface area contributed by atoms with Crippen LogP contribution in [-0.2, 0) is 16.1 Å². The topological polar surface area (TPSA) is 89.0 Å². The van der Waals surface area contributed by atoms with Gasteiger partial charge >= 0.3 is 6.09 Å². The van der Waals surface area contributed by atoms with Crippen molar-refractivity contribution in [2.24, 2.45) is 5.10 Å². The number of carbonyl (C=O) groups excluding carboxylic acids is 2. The van der Waals surface area contributed by atoms with E-state index in [2.05, 4.69) is 56.0 Å². The largest absolute Gasteiger partial charge is 0.488 e. The molecule has 0 radical (unpaired) electrons. The Morgan fingerprint density at radius 2 is 1.74 bits per heavy atom. The number of rotatable bonds is 10. The monoisotopic (exact) mass is 573 g/mol. The number of carbonyl (C=O) groups is 2. The van der Waals surface area contributed by atoms with E-state index in [-0.39, 0.29) is 18.9 Å². The summed E-state index contributed by atoms with van der Waals surface area (Å²) in [5.41, 5.74) is 5.20. The van der Waals surface area contributed by atoms with Gasteiger partial charge in [-0.05, 0) is 68.5 Å². The van der Waals surface area contributed by atoms with Crippen molar-refractivity contribution in [3.63, 3.8) is 0 Å². The van der Waals surface area contributed by atoms with Crippen LogP contribution >= 0.6 is 15.9 Å². The van der Waals surface area contributed by atoms with Gasteiger partial charge in [-0.15, -0.1) is 0 Å². The van der Waals surface area contributed by atoms with Crippen molar-refractivity contribution in [3.05, 3.63) is 112 Å². The maximum atomic E-state index is 12.5. The van der Waals surface area contributed by atoms with E-state index in [0.29, 0.717) is 12.4 Å². The molecule has 4 aromatic carbocycles. The Labute approximate surface area is 230 Å². The molecule has 0 heterocycles. The number of nitrogens with one attached hydrogen (secondary N) is 2. The van der Waals surface area contributed by atoms with Crippen LogP contribution in [0.25, 0.3) is 10.8 Å². The maximum absolute atomic E-state index is 12.5. The van der Waals surface area contributed by atoms with Gasteiger partial charge in [0.1, 0.15) is 12.4 Å². The molecule has 194 valence electrons. The molecule has 0 aromatic heterocycles. The molecule has 0 saturated carbocycles. The Morgan fingerprint density at radius 1 is 0.974 bits per heavy atom. The molecule has 0 aliphatic carbocycles. The quantitative estimate of drug-likeness (QED) is 0.167. The number of fused-ring (bicyclic) bond motifs is 1. The number of ether oxygens (including phenoxy) is 2. The molecule has 38 heavy (non-hydrogen) atoms. The van der Waals surface area contributed by atoms with E-state index in [1.807, 2.05) is 66.7 Å². The fourth-order valence-corrected chi connectivity index (χ4v) is 4.46. The lowest BCUT2D eigenvalue weighted by Crippen LogP contribution is -2.33. The number of halogens is 1. The van der Waals surface area contributed by atoms with Crippen LogP contribution in [0.1, 0.15) is 36.1 Å². The summed E-state index contributed by atoms with van der Waals surface area (Å²) < 4.78 is 11.8. The molecule has 0 spiro atoms. The van der Waals surface area contributed by atoms with Crippen LogP contribution in [0.5, 0.6) is 5.75 Å². The lowest BCUT2D eigenvalue weighted by Gasteiger charge is -2.18. The number of hydrogen-bond acceptors (Lipinski definition) is 5. The summed E-state index contributed by atoms with van der Waals surface area (Å²) in [4.78, 5) is 24.5. The molecule has 2 N–H and O–H groups in total. The number of amides is 2. The third-order valence-electron chi connectivity index (χ3n) is 5.78. The van der Waals surface area contributed by atoms with E-state index in [1.165, 1.54) is 5.39 Å². The van der Waals surface area contributed by atoms with Crippen molar-refractivity contribution in [3.8, 4) is 5.75 Å². The zero-order valence-electron chi connectivity index (χ0n) is 20.9. The fourth-order valence-electron chi connectivity index (χ4n) is 3.95. The van der Waals surface area contributed by atoms with Gasteiger partial charge < -0.3 is 14.8 Å². The van der Waals surface area contributed by atoms with Gasteiger partial charge in [0.25, 0.3) is 0 Å². The van der Waals surface area contributed by atoms with Crippen LogP contribution in [0.15, 0.2) is 101 Å². The molecule has 0 bridgehead atoms. The molecule has 0 unspecified atom stereocenters. The van der Waals surface area contributed by atoms with Crippen LogP contribution < -0.4 is 15.5 Å². The van der Waals surface area contributed by atoms with Gasteiger partial charge in [-0.1, -0.05) is 72.8 Å². The number of hydrazone groups is 1. The van der Waals surface area contributed by atoms with Gasteiger partial charge in [-0.25, -0.2) is 10.2 Å². The molecule has 4 aromatic rings. The van der Waals surface area contributed by atoms with Crippen LogP contribution in [0.2, 0.25) is 0 Å². The number of nitrogens with zero attached hydrogens (tertiary/aromatic N) is 1. The summed E-state index contributed by atoms with van der Waals surface area (Å²) in [6.45, 7) is 2.40. The molecule has 2 amide bonds. The number of hydrogen-bond donors (Lipinski definition) is 2. The average molecular weight is 574 g/mol. The van der Waals surface area contributed by atoms with Gasteiger partial charge in [0.2, 0.25) is 5.91 Å². The second-order valence-electron chi connectivity index (χ2n) is 8.44. The van der Waals surface area contributed by atoms with Crippen molar-refractivity contribution < 1.29 is 19.1 Å². The van der Waals surface area contributed by atoms with Crippen LogP contribution in [0.4, 0.5) is 4.79 Å². The molecular weight excluding hydrogens is 546 g/mol. The molecule has 7 nitrogen and oxygen atoms in total. The summed E-state index contributed by atoms with van der Waals surface area (Å²) in [7, 11) is 0. The lowest BCUT2D eigenvalue weighted by molar-refractivity contribution is -0.121. The van der Waals surface area contributed by atoms with Crippen molar-refractivity contribution >= 4 is 44.9 Å². The summed E-state index contributed by atoms with van der Waals surface area (Å²) >= 11 is 3.56. The highest BCUT2D eigenvalue weighted by atomic mass is 79.9. The molecule has 8 heteroatoms. The minimum absolute atomic E-state index is 0.00477. The molecular formula is C30H28BrN3O4. The van der Waals surface area contributed by atoms with Gasteiger partial charge in [0.15, 0.2) is 0 Å². The van der Waals surface area contributed by atoms with Crippen molar-refractivity contribution in [2.45, 2.75) is 26.0 Å².